The molecule has 16 heavy (non-hydrogen) atoms. The van der Waals surface area contributed by atoms with E-state index in [-0.39, 0.29) is 25.7 Å². The number of aliphatic hydroxyl groups excluding tert-OH is 2. The molecule has 0 aromatic carbocycles. The van der Waals surface area contributed by atoms with Crippen molar-refractivity contribution in [1.29, 1.82) is 0 Å². The maximum atomic E-state index is 10.9. The molecule has 0 rings (SSSR count). The first-order valence-corrected chi connectivity index (χ1v) is 5.18. The van der Waals surface area contributed by atoms with Gasteiger partial charge >= 0.3 is 11.9 Å². The Balaban J connectivity index is 3.55. The van der Waals surface area contributed by atoms with Crippen LogP contribution in [0.25, 0.3) is 0 Å². The van der Waals surface area contributed by atoms with E-state index in [1.807, 2.05) is 0 Å². The van der Waals surface area contributed by atoms with Crippen molar-refractivity contribution in [2.24, 2.45) is 0 Å². The van der Waals surface area contributed by atoms with Crippen molar-refractivity contribution in [2.45, 2.75) is 51.7 Å². The third kappa shape index (κ3) is 9.42. The summed E-state index contributed by atoms with van der Waals surface area (Å²) >= 11 is 0. The second-order valence-corrected chi connectivity index (χ2v) is 3.69. The van der Waals surface area contributed by atoms with Crippen molar-refractivity contribution in [3.05, 3.63) is 0 Å². The molecule has 0 saturated heterocycles. The van der Waals surface area contributed by atoms with E-state index >= 15 is 0 Å². The SMILES string of the molecule is CC(O)CCC(=O)OOC(=O)CCC(C)O. The summed E-state index contributed by atoms with van der Waals surface area (Å²) in [5.74, 6) is -1.41. The minimum Gasteiger partial charge on any atom is -0.393 e. The molecule has 0 aromatic heterocycles. The Morgan fingerprint density at radius 3 is 1.50 bits per heavy atom. The van der Waals surface area contributed by atoms with Crippen LogP contribution in [0.5, 0.6) is 0 Å². The average molecular weight is 234 g/mol. The van der Waals surface area contributed by atoms with Crippen molar-refractivity contribution in [2.75, 3.05) is 0 Å². The number of rotatable bonds is 6. The van der Waals surface area contributed by atoms with Gasteiger partial charge < -0.3 is 10.2 Å². The van der Waals surface area contributed by atoms with Crippen LogP contribution in [0.3, 0.4) is 0 Å². The van der Waals surface area contributed by atoms with E-state index in [1.165, 1.54) is 0 Å². The van der Waals surface area contributed by atoms with Crippen LogP contribution in [0.2, 0.25) is 0 Å². The van der Waals surface area contributed by atoms with E-state index in [9.17, 15) is 9.59 Å². The molecule has 2 atom stereocenters. The van der Waals surface area contributed by atoms with Gasteiger partial charge in [0.05, 0.1) is 25.0 Å². The van der Waals surface area contributed by atoms with Crippen molar-refractivity contribution in [3.8, 4) is 0 Å². The molecule has 0 bridgehead atoms. The zero-order valence-electron chi connectivity index (χ0n) is 9.51. The van der Waals surface area contributed by atoms with Crippen LogP contribution in [-0.4, -0.2) is 34.4 Å². The molecule has 0 amide bonds. The summed E-state index contributed by atoms with van der Waals surface area (Å²) in [4.78, 5) is 30.3. The molecule has 2 N–H and O–H groups in total. The fourth-order valence-electron chi connectivity index (χ4n) is 0.830. The van der Waals surface area contributed by atoms with Crippen LogP contribution in [0.15, 0.2) is 0 Å². The highest BCUT2D eigenvalue weighted by molar-refractivity contribution is 5.72. The molecule has 0 aliphatic heterocycles. The predicted octanol–water partition coefficient (Wildman–Crippen LogP) is 0.310. The summed E-state index contributed by atoms with van der Waals surface area (Å²) in [6.07, 6.45) is -0.714. The predicted molar refractivity (Wildman–Crippen MR) is 54.0 cm³/mol. The molecule has 0 radical (unpaired) electrons. The van der Waals surface area contributed by atoms with Crippen molar-refractivity contribution in [3.63, 3.8) is 0 Å². The standard InChI is InChI=1S/C10H18O6/c1-7(11)3-5-9(13)15-16-10(14)6-4-8(2)12/h7-8,11-12H,3-6H2,1-2H3. The second-order valence-electron chi connectivity index (χ2n) is 3.69. The largest absolute Gasteiger partial charge is 0.393 e. The molecular weight excluding hydrogens is 216 g/mol. The van der Waals surface area contributed by atoms with Gasteiger partial charge in [-0.3, -0.25) is 0 Å². The Hall–Kier alpha value is -1.14. The smallest absolute Gasteiger partial charge is 0.355 e. The summed E-state index contributed by atoms with van der Waals surface area (Å²) in [5, 5.41) is 17.8. The van der Waals surface area contributed by atoms with E-state index in [2.05, 4.69) is 9.78 Å². The molecular formula is C10H18O6. The molecule has 6 heteroatoms. The van der Waals surface area contributed by atoms with Crippen LogP contribution in [0.4, 0.5) is 0 Å². The third-order valence-electron chi connectivity index (χ3n) is 1.76. The molecule has 6 nitrogen and oxygen atoms in total. The molecule has 94 valence electrons. The molecule has 0 saturated carbocycles. The topological polar surface area (TPSA) is 93.1 Å². The quantitative estimate of drug-likeness (QED) is 0.507. The van der Waals surface area contributed by atoms with Crippen molar-refractivity contribution >= 4 is 11.9 Å². The van der Waals surface area contributed by atoms with Gasteiger partial charge in [0, 0.05) is 0 Å². The Morgan fingerprint density at radius 1 is 0.938 bits per heavy atom. The number of hydrogen-bond acceptors (Lipinski definition) is 6. The van der Waals surface area contributed by atoms with Crippen molar-refractivity contribution in [1.82, 2.24) is 0 Å². The number of carbonyl (C=O) groups is 2. The Labute approximate surface area is 94.1 Å². The Bertz CT molecular complexity index is 199. The van der Waals surface area contributed by atoms with Crippen molar-refractivity contribution < 1.29 is 29.6 Å². The van der Waals surface area contributed by atoms with Crippen LogP contribution in [-0.2, 0) is 19.4 Å². The highest BCUT2D eigenvalue weighted by Gasteiger charge is 2.11. The highest BCUT2D eigenvalue weighted by atomic mass is 17.2. The molecule has 0 fully saturated rings. The number of carbonyl (C=O) groups excluding carboxylic acids is 2. The maximum absolute atomic E-state index is 10.9. The van der Waals surface area contributed by atoms with Gasteiger partial charge in [-0.05, 0) is 26.7 Å². The molecule has 2 unspecified atom stereocenters. The lowest BCUT2D eigenvalue weighted by Crippen LogP contribution is -2.14. The van der Waals surface area contributed by atoms with Gasteiger partial charge in [0.1, 0.15) is 0 Å². The van der Waals surface area contributed by atoms with E-state index in [4.69, 9.17) is 10.2 Å². The summed E-state index contributed by atoms with van der Waals surface area (Å²) in [5.41, 5.74) is 0. The van der Waals surface area contributed by atoms with Gasteiger partial charge in [-0.25, -0.2) is 19.4 Å². The van der Waals surface area contributed by atoms with Crippen LogP contribution in [0, 0.1) is 0 Å². The second kappa shape index (κ2) is 8.06. The van der Waals surface area contributed by atoms with Gasteiger partial charge in [-0.15, -0.1) is 0 Å². The van der Waals surface area contributed by atoms with Crippen LogP contribution < -0.4 is 0 Å². The van der Waals surface area contributed by atoms with E-state index in [1.54, 1.807) is 13.8 Å². The highest BCUT2D eigenvalue weighted by Crippen LogP contribution is 2.01. The Morgan fingerprint density at radius 2 is 1.25 bits per heavy atom. The monoisotopic (exact) mass is 234 g/mol. The lowest BCUT2D eigenvalue weighted by atomic mass is 10.2. The first-order chi connectivity index (χ1) is 7.41. The van der Waals surface area contributed by atoms with Gasteiger partial charge in [0.25, 0.3) is 0 Å². The minimum absolute atomic E-state index is 0.0126. The Kier molecular flexibility index (Phi) is 7.49. The minimum atomic E-state index is -0.703. The lowest BCUT2D eigenvalue weighted by Gasteiger charge is -2.05. The van der Waals surface area contributed by atoms with Gasteiger partial charge in [0.15, 0.2) is 0 Å². The fraction of sp³-hybridized carbons (Fsp3) is 0.800. The summed E-state index contributed by atoms with van der Waals surface area (Å²) in [7, 11) is 0. The lowest BCUT2D eigenvalue weighted by molar-refractivity contribution is -0.259. The summed E-state index contributed by atoms with van der Waals surface area (Å²) in [6, 6.07) is 0. The van der Waals surface area contributed by atoms with Crippen LogP contribution >= 0.6 is 0 Å². The first kappa shape index (κ1) is 14.9. The first-order valence-electron chi connectivity index (χ1n) is 5.18. The van der Waals surface area contributed by atoms with Gasteiger partial charge in [0.2, 0.25) is 0 Å². The zero-order valence-corrected chi connectivity index (χ0v) is 9.51. The maximum Gasteiger partial charge on any atom is 0.355 e. The molecule has 0 heterocycles. The van der Waals surface area contributed by atoms with E-state index in [0.29, 0.717) is 0 Å². The fourth-order valence-corrected chi connectivity index (χ4v) is 0.830. The normalized spacial score (nSPS) is 14.0. The summed E-state index contributed by atoms with van der Waals surface area (Å²) in [6.45, 7) is 3.09. The number of aliphatic hydroxyl groups is 2. The van der Waals surface area contributed by atoms with E-state index < -0.39 is 24.1 Å². The molecule has 0 aliphatic rings. The number of hydrogen-bond donors (Lipinski definition) is 2. The average Bonchev–Trinajstić information content (AvgIpc) is 2.20. The van der Waals surface area contributed by atoms with Gasteiger partial charge in [-0.1, -0.05) is 0 Å². The van der Waals surface area contributed by atoms with E-state index in [0.717, 1.165) is 0 Å². The molecule has 0 spiro atoms. The molecule has 0 aromatic rings. The summed E-state index contributed by atoms with van der Waals surface area (Å²) < 4.78 is 0. The zero-order chi connectivity index (χ0) is 12.6. The van der Waals surface area contributed by atoms with Gasteiger partial charge in [-0.2, -0.15) is 0 Å². The molecule has 0 aliphatic carbocycles. The third-order valence-corrected chi connectivity index (χ3v) is 1.76. The van der Waals surface area contributed by atoms with Crippen LogP contribution in [0.1, 0.15) is 39.5 Å².